The first-order chi connectivity index (χ1) is 14.3. The zero-order valence-electron chi connectivity index (χ0n) is 16.3. The molecule has 0 radical (unpaired) electrons. The van der Waals surface area contributed by atoms with Crippen LogP contribution in [-0.4, -0.2) is 24.9 Å². The fraction of sp³-hybridized carbons (Fsp3) is 0.318. The Morgan fingerprint density at radius 1 is 1.00 bits per heavy atom. The summed E-state index contributed by atoms with van der Waals surface area (Å²) in [4.78, 5) is 26.0. The number of anilines is 1. The number of nitriles is 1. The molecule has 1 N–H and O–H groups in total. The standard InChI is InChI=1S/C22H22F3N3O2/c23-22(24,25)18-9-7-17(8-10-18)13-15-27-20(29)11-12-21(30)28(16-4-14-26)19-5-2-1-3-6-19/h1-3,5-10H,4,11-13,15-16H2,(H,27,29). The molecule has 0 atom stereocenters. The summed E-state index contributed by atoms with van der Waals surface area (Å²) in [5.74, 6) is -0.571. The lowest BCUT2D eigenvalue weighted by Gasteiger charge is -2.21. The number of hydrogen-bond donors (Lipinski definition) is 1. The number of hydrogen-bond acceptors (Lipinski definition) is 3. The van der Waals surface area contributed by atoms with Crippen molar-refractivity contribution in [3.63, 3.8) is 0 Å². The first kappa shape index (κ1) is 22.9. The minimum absolute atomic E-state index is 0.00750. The van der Waals surface area contributed by atoms with Crippen LogP contribution in [0, 0.1) is 11.3 Å². The molecule has 0 heterocycles. The van der Waals surface area contributed by atoms with Gasteiger partial charge in [0, 0.05) is 31.6 Å². The molecule has 158 valence electrons. The summed E-state index contributed by atoms with van der Waals surface area (Å²) >= 11 is 0. The number of nitrogens with zero attached hydrogens (tertiary/aromatic N) is 2. The normalized spacial score (nSPS) is 10.9. The second kappa shape index (κ2) is 11.0. The van der Waals surface area contributed by atoms with E-state index < -0.39 is 11.7 Å². The molecule has 0 unspecified atom stereocenters. The van der Waals surface area contributed by atoms with Crippen LogP contribution in [0.15, 0.2) is 54.6 Å². The highest BCUT2D eigenvalue weighted by Crippen LogP contribution is 2.29. The molecule has 0 bridgehead atoms. The van der Waals surface area contributed by atoms with Gasteiger partial charge >= 0.3 is 6.18 Å². The summed E-state index contributed by atoms with van der Waals surface area (Å²) in [7, 11) is 0. The maximum atomic E-state index is 12.6. The van der Waals surface area contributed by atoms with Gasteiger partial charge in [-0.1, -0.05) is 30.3 Å². The molecule has 0 aliphatic heterocycles. The van der Waals surface area contributed by atoms with Gasteiger partial charge in [-0.25, -0.2) is 0 Å². The zero-order chi connectivity index (χ0) is 22.0. The number of alkyl halides is 3. The fourth-order valence-corrected chi connectivity index (χ4v) is 2.82. The molecule has 2 aromatic rings. The topological polar surface area (TPSA) is 73.2 Å². The number of nitrogens with one attached hydrogen (secondary N) is 1. The van der Waals surface area contributed by atoms with Crippen molar-refractivity contribution < 1.29 is 22.8 Å². The second-order valence-corrected chi connectivity index (χ2v) is 6.58. The molecule has 8 heteroatoms. The van der Waals surface area contributed by atoms with Crippen molar-refractivity contribution in [2.75, 3.05) is 18.0 Å². The highest BCUT2D eigenvalue weighted by atomic mass is 19.4. The van der Waals surface area contributed by atoms with Crippen molar-refractivity contribution in [2.45, 2.75) is 31.9 Å². The van der Waals surface area contributed by atoms with Crippen LogP contribution in [0.4, 0.5) is 18.9 Å². The lowest BCUT2D eigenvalue weighted by atomic mass is 10.1. The smallest absolute Gasteiger partial charge is 0.356 e. The maximum Gasteiger partial charge on any atom is 0.416 e. The largest absolute Gasteiger partial charge is 0.416 e. The Morgan fingerprint density at radius 2 is 1.67 bits per heavy atom. The Labute approximate surface area is 173 Å². The number of halogens is 3. The maximum absolute atomic E-state index is 12.6. The first-order valence-corrected chi connectivity index (χ1v) is 9.46. The van der Waals surface area contributed by atoms with Gasteiger partial charge in [-0.2, -0.15) is 18.4 Å². The number of benzene rings is 2. The summed E-state index contributed by atoms with van der Waals surface area (Å²) in [6.07, 6.45) is -3.83. The minimum Gasteiger partial charge on any atom is -0.356 e. The molecule has 0 aliphatic carbocycles. The highest BCUT2D eigenvalue weighted by Gasteiger charge is 2.29. The van der Waals surface area contributed by atoms with Crippen LogP contribution in [0.25, 0.3) is 0 Å². The van der Waals surface area contributed by atoms with E-state index in [0.29, 0.717) is 17.7 Å². The number of carbonyl (C=O) groups excluding carboxylic acids is 2. The van der Waals surface area contributed by atoms with Gasteiger partial charge in [0.05, 0.1) is 18.1 Å². The summed E-state index contributed by atoms with van der Waals surface area (Å²) in [5, 5.41) is 11.5. The summed E-state index contributed by atoms with van der Waals surface area (Å²) in [5.41, 5.74) is 0.625. The van der Waals surface area contributed by atoms with E-state index in [1.165, 1.54) is 17.0 Å². The molecule has 5 nitrogen and oxygen atoms in total. The Bertz CT molecular complexity index is 875. The Balaban J connectivity index is 1.79. The number of rotatable bonds is 9. The van der Waals surface area contributed by atoms with E-state index >= 15 is 0 Å². The van der Waals surface area contributed by atoms with Crippen LogP contribution in [-0.2, 0) is 22.2 Å². The third-order valence-electron chi connectivity index (χ3n) is 4.40. The lowest BCUT2D eigenvalue weighted by molar-refractivity contribution is -0.137. The molecule has 2 rings (SSSR count). The van der Waals surface area contributed by atoms with E-state index in [1.54, 1.807) is 24.3 Å². The van der Waals surface area contributed by atoms with E-state index in [1.807, 2.05) is 12.1 Å². The molecule has 30 heavy (non-hydrogen) atoms. The van der Waals surface area contributed by atoms with Crippen molar-refractivity contribution >= 4 is 17.5 Å². The van der Waals surface area contributed by atoms with Crippen molar-refractivity contribution in [1.82, 2.24) is 5.32 Å². The quantitative estimate of drug-likeness (QED) is 0.668. The van der Waals surface area contributed by atoms with E-state index in [2.05, 4.69) is 5.32 Å². The minimum atomic E-state index is -4.37. The highest BCUT2D eigenvalue weighted by molar-refractivity contribution is 5.95. The molecular weight excluding hydrogens is 395 g/mol. The van der Waals surface area contributed by atoms with Crippen molar-refractivity contribution in [3.8, 4) is 6.07 Å². The average molecular weight is 417 g/mol. The van der Waals surface area contributed by atoms with E-state index in [-0.39, 0.29) is 44.2 Å². The van der Waals surface area contributed by atoms with Crippen molar-refractivity contribution in [2.24, 2.45) is 0 Å². The van der Waals surface area contributed by atoms with Crippen molar-refractivity contribution in [1.29, 1.82) is 5.26 Å². The van der Waals surface area contributed by atoms with Gasteiger partial charge in [0.1, 0.15) is 0 Å². The van der Waals surface area contributed by atoms with Gasteiger partial charge in [-0.05, 0) is 36.2 Å². The molecular formula is C22H22F3N3O2. The molecule has 0 fully saturated rings. The molecule has 0 aromatic heterocycles. The zero-order valence-corrected chi connectivity index (χ0v) is 16.3. The van der Waals surface area contributed by atoms with Gasteiger partial charge in [-0.15, -0.1) is 0 Å². The summed E-state index contributed by atoms with van der Waals surface area (Å²) in [6.45, 7) is 0.504. The predicted molar refractivity (Wildman–Crippen MR) is 106 cm³/mol. The Morgan fingerprint density at radius 3 is 2.27 bits per heavy atom. The van der Waals surface area contributed by atoms with E-state index in [0.717, 1.165) is 12.1 Å². The molecule has 0 aliphatic rings. The van der Waals surface area contributed by atoms with Crippen LogP contribution in [0.5, 0.6) is 0 Å². The second-order valence-electron chi connectivity index (χ2n) is 6.58. The van der Waals surface area contributed by atoms with E-state index in [4.69, 9.17) is 5.26 Å². The number of carbonyl (C=O) groups is 2. The van der Waals surface area contributed by atoms with Crippen LogP contribution < -0.4 is 10.2 Å². The van der Waals surface area contributed by atoms with E-state index in [9.17, 15) is 22.8 Å². The fourth-order valence-electron chi connectivity index (χ4n) is 2.82. The summed E-state index contributed by atoms with van der Waals surface area (Å²) in [6, 6.07) is 15.7. The monoisotopic (exact) mass is 417 g/mol. The lowest BCUT2D eigenvalue weighted by Crippen LogP contribution is -2.33. The van der Waals surface area contributed by atoms with Gasteiger partial charge in [0.25, 0.3) is 0 Å². The molecule has 0 spiro atoms. The SMILES string of the molecule is N#CCCN(C(=O)CCC(=O)NCCc1ccc(C(F)(F)F)cc1)c1ccccc1. The van der Waals surface area contributed by atoms with Crippen LogP contribution in [0.1, 0.15) is 30.4 Å². The third kappa shape index (κ3) is 7.24. The Kier molecular flexibility index (Phi) is 8.41. The van der Waals surface area contributed by atoms with Crippen molar-refractivity contribution in [3.05, 3.63) is 65.7 Å². The van der Waals surface area contributed by atoms with Gasteiger partial charge in [-0.3, -0.25) is 9.59 Å². The predicted octanol–water partition coefficient (Wildman–Crippen LogP) is 4.09. The van der Waals surface area contributed by atoms with Gasteiger partial charge in [0.2, 0.25) is 11.8 Å². The van der Waals surface area contributed by atoms with Crippen LogP contribution in [0.3, 0.4) is 0 Å². The van der Waals surface area contributed by atoms with Crippen LogP contribution >= 0.6 is 0 Å². The number of amides is 2. The molecule has 0 saturated heterocycles. The molecule has 2 aromatic carbocycles. The van der Waals surface area contributed by atoms with Crippen LogP contribution in [0.2, 0.25) is 0 Å². The van der Waals surface area contributed by atoms with Gasteiger partial charge < -0.3 is 10.2 Å². The average Bonchev–Trinajstić information content (AvgIpc) is 2.73. The molecule has 0 saturated carbocycles. The first-order valence-electron chi connectivity index (χ1n) is 9.46. The summed E-state index contributed by atoms with van der Waals surface area (Å²) < 4.78 is 37.7. The van der Waals surface area contributed by atoms with Gasteiger partial charge in [0.15, 0.2) is 0 Å². The Hall–Kier alpha value is -3.34. The third-order valence-corrected chi connectivity index (χ3v) is 4.40. The molecule has 2 amide bonds. The number of para-hydroxylation sites is 1.